The molecule has 0 aliphatic heterocycles. The van der Waals surface area contributed by atoms with Gasteiger partial charge >= 0.3 is 0 Å². The van der Waals surface area contributed by atoms with Gasteiger partial charge in [-0.25, -0.2) is 4.98 Å². The smallest absolute Gasteiger partial charge is 0.240 e. The van der Waals surface area contributed by atoms with E-state index in [1.165, 1.54) is 32.1 Å². The summed E-state index contributed by atoms with van der Waals surface area (Å²) in [5.74, 6) is 1.62. The van der Waals surface area contributed by atoms with E-state index in [1.54, 1.807) is 0 Å². The number of carbonyl (C=O) groups excluding carboxylic acids is 1. The summed E-state index contributed by atoms with van der Waals surface area (Å²) in [6.45, 7) is 4.40. The van der Waals surface area contributed by atoms with E-state index < -0.39 is 0 Å². The summed E-state index contributed by atoms with van der Waals surface area (Å²) in [5.41, 5.74) is 2.06. The van der Waals surface area contributed by atoms with Crippen LogP contribution in [0, 0.1) is 0 Å². The van der Waals surface area contributed by atoms with Crippen molar-refractivity contribution in [2.24, 2.45) is 0 Å². The fraction of sp³-hybridized carbons (Fsp3) is 0.600. The lowest BCUT2D eigenvalue weighted by Crippen LogP contribution is -2.30. The average Bonchev–Trinajstić information content (AvgIpc) is 3.01. The third-order valence-electron chi connectivity index (χ3n) is 4.95. The Morgan fingerprint density at radius 1 is 1.28 bits per heavy atom. The Bertz CT molecular complexity index is 689. The number of para-hydroxylation sites is 2. The molecule has 0 radical (unpaired) electrons. The van der Waals surface area contributed by atoms with E-state index in [2.05, 4.69) is 16.0 Å². The van der Waals surface area contributed by atoms with Crippen molar-refractivity contribution in [3.8, 4) is 0 Å². The van der Waals surface area contributed by atoms with E-state index in [0.717, 1.165) is 29.9 Å². The Morgan fingerprint density at radius 3 is 2.88 bits per heavy atom. The van der Waals surface area contributed by atoms with Crippen LogP contribution in [-0.4, -0.2) is 35.2 Å². The summed E-state index contributed by atoms with van der Waals surface area (Å²) in [5, 5.41) is 3.01. The van der Waals surface area contributed by atoms with Crippen LogP contribution in [0.3, 0.4) is 0 Å². The zero-order valence-corrected chi connectivity index (χ0v) is 15.2. The minimum atomic E-state index is 0.0525. The maximum atomic E-state index is 12.4. The average molecular weight is 343 g/mol. The van der Waals surface area contributed by atoms with Crippen LogP contribution < -0.4 is 5.32 Å². The zero-order valence-electron chi connectivity index (χ0n) is 15.2. The van der Waals surface area contributed by atoms with E-state index in [9.17, 15) is 4.79 Å². The summed E-state index contributed by atoms with van der Waals surface area (Å²) < 4.78 is 7.44. The van der Waals surface area contributed by atoms with Crippen LogP contribution in [-0.2, 0) is 16.1 Å². The number of imidazole rings is 1. The zero-order chi connectivity index (χ0) is 17.5. The summed E-state index contributed by atoms with van der Waals surface area (Å²) in [7, 11) is 0. The number of rotatable bonds is 8. The van der Waals surface area contributed by atoms with E-state index in [4.69, 9.17) is 9.72 Å². The van der Waals surface area contributed by atoms with Gasteiger partial charge in [0.1, 0.15) is 12.4 Å². The molecule has 1 aliphatic rings. The molecular formula is C20H29N3O2. The van der Waals surface area contributed by atoms with Crippen molar-refractivity contribution >= 4 is 16.9 Å². The predicted octanol–water partition coefficient (Wildman–Crippen LogP) is 3.63. The normalized spacial score (nSPS) is 15.6. The number of hydrogen-bond donors (Lipinski definition) is 1. The van der Waals surface area contributed by atoms with Gasteiger partial charge in [-0.1, -0.05) is 31.4 Å². The number of benzene rings is 1. The van der Waals surface area contributed by atoms with Gasteiger partial charge < -0.3 is 14.6 Å². The highest BCUT2D eigenvalue weighted by atomic mass is 16.5. The maximum Gasteiger partial charge on any atom is 0.240 e. The van der Waals surface area contributed by atoms with Crippen molar-refractivity contribution in [2.45, 2.75) is 57.9 Å². The number of carbonyl (C=O) groups is 1. The van der Waals surface area contributed by atoms with Crippen molar-refractivity contribution in [1.82, 2.24) is 14.9 Å². The van der Waals surface area contributed by atoms with Crippen LogP contribution in [0.25, 0.3) is 11.0 Å². The highest BCUT2D eigenvalue weighted by molar-refractivity contribution is 5.81. The molecule has 1 fully saturated rings. The van der Waals surface area contributed by atoms with Crippen LogP contribution >= 0.6 is 0 Å². The van der Waals surface area contributed by atoms with Crippen molar-refractivity contribution in [3.63, 3.8) is 0 Å². The third kappa shape index (κ3) is 4.60. The van der Waals surface area contributed by atoms with Gasteiger partial charge in [0, 0.05) is 25.7 Å². The van der Waals surface area contributed by atoms with Crippen molar-refractivity contribution in [3.05, 3.63) is 30.1 Å². The van der Waals surface area contributed by atoms with Gasteiger partial charge in [-0.15, -0.1) is 0 Å². The van der Waals surface area contributed by atoms with Gasteiger partial charge in [-0.2, -0.15) is 0 Å². The molecule has 1 aliphatic carbocycles. The van der Waals surface area contributed by atoms with Crippen molar-refractivity contribution in [1.29, 1.82) is 0 Å². The lowest BCUT2D eigenvalue weighted by Gasteiger charge is -2.22. The molecule has 0 saturated heterocycles. The van der Waals surface area contributed by atoms with Crippen LogP contribution in [0.4, 0.5) is 0 Å². The third-order valence-corrected chi connectivity index (χ3v) is 4.95. The fourth-order valence-electron chi connectivity index (χ4n) is 3.68. The van der Waals surface area contributed by atoms with E-state index in [1.807, 2.05) is 25.1 Å². The SMILES string of the molecule is CCOCCCNC(=O)Cn1c(C2CCCCC2)nc2ccccc21. The van der Waals surface area contributed by atoms with E-state index in [-0.39, 0.29) is 5.91 Å². The quantitative estimate of drug-likeness (QED) is 0.745. The molecule has 1 heterocycles. The summed E-state index contributed by atoms with van der Waals surface area (Å²) >= 11 is 0. The Balaban J connectivity index is 1.71. The number of nitrogens with one attached hydrogen (secondary N) is 1. The van der Waals surface area contributed by atoms with Crippen molar-refractivity contribution < 1.29 is 9.53 Å². The molecular weight excluding hydrogens is 314 g/mol. The Kier molecular flexibility index (Phi) is 6.45. The highest BCUT2D eigenvalue weighted by Gasteiger charge is 2.23. The second-order valence-electron chi connectivity index (χ2n) is 6.78. The number of hydrogen-bond acceptors (Lipinski definition) is 3. The molecule has 2 aromatic rings. The molecule has 1 aromatic carbocycles. The van der Waals surface area contributed by atoms with Gasteiger partial charge in [-0.05, 0) is 38.3 Å². The summed E-state index contributed by atoms with van der Waals surface area (Å²) in [6.07, 6.45) is 7.05. The summed E-state index contributed by atoms with van der Waals surface area (Å²) in [4.78, 5) is 17.3. The molecule has 0 unspecified atom stereocenters. The molecule has 3 rings (SSSR count). The largest absolute Gasteiger partial charge is 0.382 e. The maximum absolute atomic E-state index is 12.4. The molecule has 5 heteroatoms. The lowest BCUT2D eigenvalue weighted by molar-refractivity contribution is -0.121. The first-order chi connectivity index (χ1) is 12.3. The number of ether oxygens (including phenoxy) is 1. The minimum absolute atomic E-state index is 0.0525. The van der Waals surface area contributed by atoms with Gasteiger partial charge in [0.15, 0.2) is 0 Å². The standard InChI is InChI=1S/C20H29N3O2/c1-2-25-14-8-13-21-19(24)15-23-18-12-7-6-11-17(18)22-20(23)16-9-4-3-5-10-16/h6-7,11-12,16H,2-5,8-10,13-15H2,1H3,(H,21,24). The monoisotopic (exact) mass is 343 g/mol. The number of aromatic nitrogens is 2. The first kappa shape index (κ1) is 17.9. The molecule has 0 atom stereocenters. The molecule has 25 heavy (non-hydrogen) atoms. The Morgan fingerprint density at radius 2 is 2.08 bits per heavy atom. The van der Waals surface area contributed by atoms with Gasteiger partial charge in [0.05, 0.1) is 11.0 Å². The van der Waals surface area contributed by atoms with Crippen LogP contribution in [0.15, 0.2) is 24.3 Å². The van der Waals surface area contributed by atoms with Crippen molar-refractivity contribution in [2.75, 3.05) is 19.8 Å². The predicted molar refractivity (Wildman–Crippen MR) is 99.7 cm³/mol. The molecule has 136 valence electrons. The fourth-order valence-corrected chi connectivity index (χ4v) is 3.68. The lowest BCUT2D eigenvalue weighted by atomic mass is 9.88. The van der Waals surface area contributed by atoms with E-state index >= 15 is 0 Å². The van der Waals surface area contributed by atoms with E-state index in [0.29, 0.717) is 25.6 Å². The summed E-state index contributed by atoms with van der Waals surface area (Å²) in [6, 6.07) is 8.14. The number of fused-ring (bicyclic) bond motifs is 1. The van der Waals surface area contributed by atoms with Gasteiger partial charge in [0.2, 0.25) is 5.91 Å². The van der Waals surface area contributed by atoms with Crippen LogP contribution in [0.5, 0.6) is 0 Å². The molecule has 0 spiro atoms. The Labute approximate surface area is 149 Å². The second kappa shape index (κ2) is 8.99. The number of nitrogens with zero attached hydrogens (tertiary/aromatic N) is 2. The molecule has 1 aromatic heterocycles. The molecule has 1 saturated carbocycles. The highest BCUT2D eigenvalue weighted by Crippen LogP contribution is 2.33. The van der Waals surface area contributed by atoms with Gasteiger partial charge in [0.25, 0.3) is 0 Å². The molecule has 0 bridgehead atoms. The van der Waals surface area contributed by atoms with Crippen LogP contribution in [0.1, 0.15) is 57.2 Å². The molecule has 1 N–H and O–H groups in total. The van der Waals surface area contributed by atoms with Gasteiger partial charge in [-0.3, -0.25) is 4.79 Å². The molecule has 1 amide bonds. The number of amides is 1. The minimum Gasteiger partial charge on any atom is -0.382 e. The van der Waals surface area contributed by atoms with Crippen LogP contribution in [0.2, 0.25) is 0 Å². The topological polar surface area (TPSA) is 56.1 Å². The first-order valence-electron chi connectivity index (χ1n) is 9.59. The Hall–Kier alpha value is -1.88. The second-order valence-corrected chi connectivity index (χ2v) is 6.78. The molecule has 5 nitrogen and oxygen atoms in total. The first-order valence-corrected chi connectivity index (χ1v) is 9.59.